The van der Waals surface area contributed by atoms with Crippen molar-refractivity contribution in [3.63, 3.8) is 0 Å². The van der Waals surface area contributed by atoms with Crippen LogP contribution in [0.5, 0.6) is 0 Å². The summed E-state index contributed by atoms with van der Waals surface area (Å²) in [5.41, 5.74) is 1.83. The van der Waals surface area contributed by atoms with Crippen molar-refractivity contribution in [2.24, 2.45) is 0 Å². The highest BCUT2D eigenvalue weighted by Gasteiger charge is 2.21. The maximum Gasteiger partial charge on any atom is 0.277 e. The van der Waals surface area contributed by atoms with Crippen molar-refractivity contribution >= 4 is 46.3 Å². The number of nitro benzene ring substituents is 1. The maximum absolute atomic E-state index is 12.6. The van der Waals surface area contributed by atoms with Crippen LogP contribution >= 0.6 is 23.4 Å². The molecule has 4 rings (SSSR count). The summed E-state index contributed by atoms with van der Waals surface area (Å²) in [6, 6.07) is 11.4. The fourth-order valence-corrected chi connectivity index (χ4v) is 4.28. The van der Waals surface area contributed by atoms with E-state index < -0.39 is 4.92 Å². The molecule has 2 heterocycles. The highest BCUT2D eigenvalue weighted by Crippen LogP contribution is 2.35. The molecule has 1 N–H and O–H groups in total. The van der Waals surface area contributed by atoms with Gasteiger partial charge in [-0.15, -0.1) is 10.2 Å². The van der Waals surface area contributed by atoms with Crippen LogP contribution in [-0.2, 0) is 4.79 Å². The average Bonchev–Trinajstić information content (AvgIpc) is 3.28. The van der Waals surface area contributed by atoms with Gasteiger partial charge in [0.05, 0.1) is 27.1 Å². The number of thioether (sulfide) groups is 1. The number of nitrogens with one attached hydrogen (secondary N) is 1. The molecule has 33 heavy (non-hydrogen) atoms. The molecule has 0 bridgehead atoms. The van der Waals surface area contributed by atoms with E-state index in [1.54, 1.807) is 18.2 Å². The fraction of sp³-hybridized carbons (Fsp3) is 0.286. The Bertz CT molecular complexity index is 1170. The quantitative estimate of drug-likeness (QED) is 0.301. The van der Waals surface area contributed by atoms with Crippen molar-refractivity contribution in [3.8, 4) is 11.5 Å². The number of carbonyl (C=O) groups excluding carboxylic acids is 1. The number of hydrogen-bond donors (Lipinski definition) is 1. The van der Waals surface area contributed by atoms with Crippen molar-refractivity contribution in [3.05, 3.63) is 57.6 Å². The van der Waals surface area contributed by atoms with E-state index in [0.29, 0.717) is 16.3 Å². The predicted octanol–water partition coefficient (Wildman–Crippen LogP) is 3.78. The first-order valence-electron chi connectivity index (χ1n) is 10.1. The lowest BCUT2D eigenvalue weighted by Gasteiger charge is -2.35. The summed E-state index contributed by atoms with van der Waals surface area (Å²) in [4.78, 5) is 27.5. The predicted molar refractivity (Wildman–Crippen MR) is 127 cm³/mol. The second kappa shape index (κ2) is 10.2. The number of rotatable bonds is 7. The third kappa shape index (κ3) is 5.62. The first-order valence-corrected chi connectivity index (χ1v) is 11.5. The zero-order chi connectivity index (χ0) is 23.4. The molecular formula is C21H21ClN6O4S. The number of aromatic nitrogens is 2. The van der Waals surface area contributed by atoms with Crippen LogP contribution in [0.3, 0.4) is 0 Å². The lowest BCUT2D eigenvalue weighted by atomic mass is 10.2. The van der Waals surface area contributed by atoms with Crippen molar-refractivity contribution < 1.29 is 14.1 Å². The number of amides is 1. The van der Waals surface area contributed by atoms with Gasteiger partial charge in [0.2, 0.25) is 11.8 Å². The Balaban J connectivity index is 1.39. The molecule has 1 aliphatic heterocycles. The lowest BCUT2D eigenvalue weighted by Crippen LogP contribution is -2.44. The molecule has 0 unspecified atom stereocenters. The van der Waals surface area contributed by atoms with E-state index in [-0.39, 0.29) is 28.5 Å². The Kier molecular flexibility index (Phi) is 7.11. The number of benzene rings is 2. The summed E-state index contributed by atoms with van der Waals surface area (Å²) in [5.74, 6) is -0.0489. The number of halogens is 1. The third-order valence-electron chi connectivity index (χ3n) is 5.12. The number of anilines is 2. The van der Waals surface area contributed by atoms with Crippen LogP contribution in [0.15, 0.2) is 52.1 Å². The molecule has 0 atom stereocenters. The van der Waals surface area contributed by atoms with Gasteiger partial charge in [-0.05, 0) is 25.2 Å². The van der Waals surface area contributed by atoms with Gasteiger partial charge in [-0.2, -0.15) is 0 Å². The van der Waals surface area contributed by atoms with Gasteiger partial charge in [-0.1, -0.05) is 35.5 Å². The zero-order valence-electron chi connectivity index (χ0n) is 17.7. The molecule has 12 heteroatoms. The molecule has 3 aromatic rings. The van der Waals surface area contributed by atoms with E-state index in [0.717, 1.165) is 43.6 Å². The van der Waals surface area contributed by atoms with E-state index >= 15 is 0 Å². The van der Waals surface area contributed by atoms with Crippen LogP contribution in [0.4, 0.5) is 17.1 Å². The van der Waals surface area contributed by atoms with Gasteiger partial charge >= 0.3 is 0 Å². The Morgan fingerprint density at radius 3 is 2.73 bits per heavy atom. The Morgan fingerprint density at radius 2 is 1.97 bits per heavy atom. The highest BCUT2D eigenvalue weighted by atomic mass is 35.5. The normalized spacial score (nSPS) is 14.3. The number of hydrogen-bond acceptors (Lipinski definition) is 9. The SMILES string of the molecule is CN1CCN(c2c(Cl)cccc2NC(=O)CSc2nnc(-c3cccc([N+](=O)[O-])c3)o2)CC1. The monoisotopic (exact) mass is 488 g/mol. The Morgan fingerprint density at radius 1 is 1.21 bits per heavy atom. The third-order valence-corrected chi connectivity index (χ3v) is 6.24. The number of carbonyl (C=O) groups is 1. The first kappa shape index (κ1) is 23.0. The molecule has 1 aromatic heterocycles. The van der Waals surface area contributed by atoms with Crippen LogP contribution in [0.2, 0.25) is 5.02 Å². The summed E-state index contributed by atoms with van der Waals surface area (Å²) in [7, 11) is 2.08. The number of piperazine rings is 1. The van der Waals surface area contributed by atoms with E-state index in [4.69, 9.17) is 16.0 Å². The summed E-state index contributed by atoms with van der Waals surface area (Å²) in [6.45, 7) is 3.47. The zero-order valence-corrected chi connectivity index (χ0v) is 19.3. The van der Waals surface area contributed by atoms with Crippen molar-refractivity contribution in [2.45, 2.75) is 5.22 Å². The largest absolute Gasteiger partial charge is 0.411 e. The molecule has 1 aliphatic rings. The van der Waals surface area contributed by atoms with Crippen molar-refractivity contribution in [2.75, 3.05) is 49.2 Å². The smallest absolute Gasteiger partial charge is 0.277 e. The minimum atomic E-state index is -0.494. The second-order valence-corrected chi connectivity index (χ2v) is 8.78. The molecule has 1 amide bonds. The molecular weight excluding hydrogens is 468 g/mol. The number of nitrogens with zero attached hydrogens (tertiary/aromatic N) is 5. The Labute approximate surface area is 199 Å². The van der Waals surface area contributed by atoms with Gasteiger partial charge in [0, 0.05) is 43.9 Å². The van der Waals surface area contributed by atoms with Crippen LogP contribution < -0.4 is 10.2 Å². The van der Waals surface area contributed by atoms with Gasteiger partial charge < -0.3 is 19.5 Å². The number of nitro groups is 1. The molecule has 0 radical (unpaired) electrons. The maximum atomic E-state index is 12.6. The molecule has 1 fully saturated rings. The average molecular weight is 489 g/mol. The molecule has 172 valence electrons. The van der Waals surface area contributed by atoms with E-state index in [2.05, 4.69) is 32.4 Å². The fourth-order valence-electron chi connectivity index (χ4n) is 3.42. The summed E-state index contributed by atoms with van der Waals surface area (Å²) in [6.07, 6.45) is 0. The van der Waals surface area contributed by atoms with Crippen LogP contribution in [0.1, 0.15) is 0 Å². The number of para-hydroxylation sites is 1. The van der Waals surface area contributed by atoms with Gasteiger partial charge in [-0.25, -0.2) is 0 Å². The van der Waals surface area contributed by atoms with Crippen LogP contribution in [0, 0.1) is 10.1 Å². The molecule has 10 nitrogen and oxygen atoms in total. The molecule has 1 saturated heterocycles. The summed E-state index contributed by atoms with van der Waals surface area (Å²) in [5, 5.41) is 22.5. The van der Waals surface area contributed by atoms with Crippen molar-refractivity contribution in [1.29, 1.82) is 0 Å². The standard InChI is InChI=1S/C21H21ClN6O4S/c1-26-8-10-27(11-9-26)19-16(22)6-3-7-17(19)23-18(29)13-33-21-25-24-20(32-21)14-4-2-5-15(12-14)28(30)31/h2-7,12H,8-11,13H2,1H3,(H,23,29). The molecule has 0 spiro atoms. The second-order valence-electron chi connectivity index (χ2n) is 7.44. The minimum absolute atomic E-state index is 0.0469. The van der Waals surface area contributed by atoms with E-state index in [1.165, 1.54) is 12.1 Å². The first-order chi connectivity index (χ1) is 15.9. The molecule has 0 aliphatic carbocycles. The molecule has 2 aromatic carbocycles. The lowest BCUT2D eigenvalue weighted by molar-refractivity contribution is -0.384. The summed E-state index contributed by atoms with van der Waals surface area (Å²) < 4.78 is 5.56. The van der Waals surface area contributed by atoms with Gasteiger partial charge in [0.15, 0.2) is 0 Å². The van der Waals surface area contributed by atoms with Crippen LogP contribution in [0.25, 0.3) is 11.5 Å². The number of non-ortho nitro benzene ring substituents is 1. The van der Waals surface area contributed by atoms with Crippen molar-refractivity contribution in [1.82, 2.24) is 15.1 Å². The Hall–Kier alpha value is -3.15. The van der Waals surface area contributed by atoms with E-state index in [9.17, 15) is 14.9 Å². The molecule has 0 saturated carbocycles. The van der Waals surface area contributed by atoms with Crippen LogP contribution in [-0.4, -0.2) is 64.9 Å². The van der Waals surface area contributed by atoms with Gasteiger partial charge in [-0.3, -0.25) is 14.9 Å². The van der Waals surface area contributed by atoms with E-state index in [1.807, 2.05) is 12.1 Å². The topological polar surface area (TPSA) is 118 Å². The van der Waals surface area contributed by atoms with Gasteiger partial charge in [0.25, 0.3) is 10.9 Å². The van der Waals surface area contributed by atoms with Gasteiger partial charge in [0.1, 0.15) is 0 Å². The summed E-state index contributed by atoms with van der Waals surface area (Å²) >= 11 is 7.54. The minimum Gasteiger partial charge on any atom is -0.411 e. The number of likely N-dealkylation sites (N-methyl/N-ethyl adjacent to an activating group) is 1. The highest BCUT2D eigenvalue weighted by molar-refractivity contribution is 7.99.